The number of carbonyl (C=O) groups is 1. The van der Waals surface area contributed by atoms with Crippen molar-refractivity contribution in [1.29, 1.82) is 0 Å². The van der Waals surface area contributed by atoms with Crippen molar-refractivity contribution in [3.63, 3.8) is 0 Å². The number of hydrogen-bond acceptors (Lipinski definition) is 3. The van der Waals surface area contributed by atoms with Crippen LogP contribution in [-0.4, -0.2) is 19.0 Å². The third-order valence-corrected chi connectivity index (χ3v) is 5.13. The van der Waals surface area contributed by atoms with Crippen molar-refractivity contribution < 1.29 is 4.79 Å². The Bertz CT molecular complexity index is 995. The van der Waals surface area contributed by atoms with Crippen LogP contribution < -0.4 is 9.80 Å². The lowest BCUT2D eigenvalue weighted by Gasteiger charge is -2.36. The minimum atomic E-state index is 0.0226. The van der Waals surface area contributed by atoms with E-state index >= 15 is 0 Å². The fourth-order valence-electron chi connectivity index (χ4n) is 3.33. The zero-order valence-electron chi connectivity index (χ0n) is 15.7. The van der Waals surface area contributed by atoms with Crippen molar-refractivity contribution in [3.8, 4) is 0 Å². The maximum atomic E-state index is 13.2. The molecule has 0 atom stereocenters. The van der Waals surface area contributed by atoms with E-state index in [-0.39, 0.29) is 5.78 Å². The number of aryl methyl sites for hydroxylation is 1. The third-order valence-electron chi connectivity index (χ3n) is 4.88. The van der Waals surface area contributed by atoms with Gasteiger partial charge in [0.1, 0.15) is 0 Å². The van der Waals surface area contributed by atoms with E-state index in [1.807, 2.05) is 24.4 Å². The normalized spacial score (nSPS) is 14.0. The van der Waals surface area contributed by atoms with Gasteiger partial charge in [0.05, 0.1) is 13.2 Å². The Hall–Kier alpha value is -3.04. The van der Waals surface area contributed by atoms with Crippen LogP contribution in [0.15, 0.2) is 90.6 Å². The minimum absolute atomic E-state index is 0.0226. The zero-order valence-corrected chi connectivity index (χ0v) is 16.4. The zero-order chi connectivity index (χ0) is 19.5. The van der Waals surface area contributed by atoms with Crippen molar-refractivity contribution in [3.05, 3.63) is 107 Å². The van der Waals surface area contributed by atoms with Gasteiger partial charge in [-0.15, -0.1) is 0 Å². The average Bonchev–Trinajstić information content (AvgIpc) is 2.74. The SMILES string of the molecule is Cc1ccc(N2C=C(C(=O)c3ccc(Cl)cc3)CN(c3ccccc3)C2)cc1. The Labute approximate surface area is 170 Å². The molecular formula is C24H21ClN2O. The molecule has 0 saturated heterocycles. The molecule has 140 valence electrons. The maximum absolute atomic E-state index is 13.2. The molecule has 1 aliphatic rings. The van der Waals surface area contributed by atoms with Gasteiger partial charge >= 0.3 is 0 Å². The van der Waals surface area contributed by atoms with Gasteiger partial charge in [-0.25, -0.2) is 0 Å². The maximum Gasteiger partial charge on any atom is 0.192 e. The minimum Gasteiger partial charge on any atom is -0.349 e. The largest absolute Gasteiger partial charge is 0.349 e. The first-order chi connectivity index (χ1) is 13.6. The highest BCUT2D eigenvalue weighted by Crippen LogP contribution is 2.26. The van der Waals surface area contributed by atoms with E-state index in [9.17, 15) is 4.79 Å². The number of Topliss-reactive ketones (excluding diaryl/α,β-unsaturated/α-hetero) is 1. The second-order valence-corrected chi connectivity index (χ2v) is 7.41. The lowest BCUT2D eigenvalue weighted by molar-refractivity contribution is 0.103. The molecular weight excluding hydrogens is 368 g/mol. The Morgan fingerprint density at radius 3 is 2.21 bits per heavy atom. The quantitative estimate of drug-likeness (QED) is 0.535. The summed E-state index contributed by atoms with van der Waals surface area (Å²) in [5, 5.41) is 0.626. The number of halogens is 1. The molecule has 0 N–H and O–H groups in total. The summed E-state index contributed by atoms with van der Waals surface area (Å²) in [6.07, 6.45) is 1.97. The molecule has 3 aromatic rings. The molecule has 0 aromatic heterocycles. The first-order valence-electron chi connectivity index (χ1n) is 9.24. The lowest BCUT2D eigenvalue weighted by atomic mass is 10.0. The van der Waals surface area contributed by atoms with E-state index in [0.29, 0.717) is 23.8 Å². The molecule has 1 heterocycles. The van der Waals surface area contributed by atoms with Crippen LogP contribution in [-0.2, 0) is 0 Å². The fourth-order valence-corrected chi connectivity index (χ4v) is 3.46. The van der Waals surface area contributed by atoms with Crippen LogP contribution in [0.3, 0.4) is 0 Å². The Morgan fingerprint density at radius 1 is 0.857 bits per heavy atom. The second-order valence-electron chi connectivity index (χ2n) is 6.97. The van der Waals surface area contributed by atoms with Gasteiger partial charge in [-0.2, -0.15) is 0 Å². The van der Waals surface area contributed by atoms with Crippen LogP contribution in [0.4, 0.5) is 11.4 Å². The molecule has 0 unspecified atom stereocenters. The van der Waals surface area contributed by atoms with Gasteiger partial charge in [0.15, 0.2) is 5.78 Å². The van der Waals surface area contributed by atoms with Gasteiger partial charge in [0.2, 0.25) is 0 Å². The van der Waals surface area contributed by atoms with Crippen LogP contribution in [0.25, 0.3) is 0 Å². The number of benzene rings is 3. The molecule has 4 rings (SSSR count). The lowest BCUT2D eigenvalue weighted by Crippen LogP contribution is -2.42. The van der Waals surface area contributed by atoms with Crippen molar-refractivity contribution in [2.24, 2.45) is 0 Å². The molecule has 28 heavy (non-hydrogen) atoms. The fraction of sp³-hybridized carbons (Fsp3) is 0.125. The molecule has 0 bridgehead atoms. The van der Waals surface area contributed by atoms with Crippen molar-refractivity contribution in [2.75, 3.05) is 23.0 Å². The Balaban J connectivity index is 1.70. The van der Waals surface area contributed by atoms with E-state index in [0.717, 1.165) is 16.9 Å². The molecule has 0 spiro atoms. The van der Waals surface area contributed by atoms with Crippen LogP contribution in [0.1, 0.15) is 15.9 Å². The summed E-state index contributed by atoms with van der Waals surface area (Å²) in [7, 11) is 0. The Kier molecular flexibility index (Phi) is 5.18. The summed E-state index contributed by atoms with van der Waals surface area (Å²) < 4.78 is 0. The predicted octanol–water partition coefficient (Wildman–Crippen LogP) is 5.70. The third kappa shape index (κ3) is 3.95. The monoisotopic (exact) mass is 388 g/mol. The van der Waals surface area contributed by atoms with Gasteiger partial charge in [0.25, 0.3) is 0 Å². The highest BCUT2D eigenvalue weighted by Gasteiger charge is 2.24. The number of carbonyl (C=O) groups excluding carboxylic acids is 1. The van der Waals surface area contributed by atoms with Crippen molar-refractivity contribution in [2.45, 2.75) is 6.92 Å². The molecule has 1 aliphatic heterocycles. The molecule has 3 aromatic carbocycles. The van der Waals surface area contributed by atoms with E-state index in [1.54, 1.807) is 24.3 Å². The Morgan fingerprint density at radius 2 is 1.54 bits per heavy atom. The molecule has 0 saturated carbocycles. The van der Waals surface area contributed by atoms with Crippen LogP contribution in [0.2, 0.25) is 5.02 Å². The summed E-state index contributed by atoms with van der Waals surface area (Å²) in [5.74, 6) is 0.0226. The van der Waals surface area contributed by atoms with Gasteiger partial charge in [0, 0.05) is 33.7 Å². The van der Waals surface area contributed by atoms with Gasteiger partial charge < -0.3 is 9.80 Å². The predicted molar refractivity (Wildman–Crippen MR) is 116 cm³/mol. The van der Waals surface area contributed by atoms with Gasteiger partial charge in [-0.3, -0.25) is 4.79 Å². The van der Waals surface area contributed by atoms with E-state index < -0.39 is 0 Å². The van der Waals surface area contributed by atoms with E-state index in [4.69, 9.17) is 11.6 Å². The summed E-state index contributed by atoms with van der Waals surface area (Å²) in [6.45, 7) is 3.32. The number of hydrogen-bond donors (Lipinski definition) is 0. The standard InChI is InChI=1S/C24H21ClN2O/c1-18-7-13-23(14-8-18)27-16-20(24(28)19-9-11-21(25)12-10-19)15-26(17-27)22-5-3-2-4-6-22/h2-14,16H,15,17H2,1H3. The number of rotatable bonds is 4. The summed E-state index contributed by atoms with van der Waals surface area (Å²) in [5.41, 5.74) is 4.76. The summed E-state index contributed by atoms with van der Waals surface area (Å²) in [4.78, 5) is 17.5. The molecule has 0 radical (unpaired) electrons. The van der Waals surface area contributed by atoms with Crippen LogP contribution in [0.5, 0.6) is 0 Å². The van der Waals surface area contributed by atoms with Gasteiger partial charge in [-0.1, -0.05) is 47.5 Å². The number of para-hydroxylation sites is 1. The second kappa shape index (κ2) is 7.91. The van der Waals surface area contributed by atoms with Crippen molar-refractivity contribution in [1.82, 2.24) is 0 Å². The number of nitrogens with zero attached hydrogens (tertiary/aromatic N) is 2. The average molecular weight is 389 g/mol. The number of ketones is 1. The summed E-state index contributed by atoms with van der Waals surface area (Å²) >= 11 is 5.98. The van der Waals surface area contributed by atoms with Crippen LogP contribution >= 0.6 is 11.6 Å². The van der Waals surface area contributed by atoms with Crippen LogP contribution in [0, 0.1) is 6.92 Å². The molecule has 4 heteroatoms. The smallest absolute Gasteiger partial charge is 0.192 e. The highest BCUT2D eigenvalue weighted by atomic mass is 35.5. The van der Waals surface area contributed by atoms with Gasteiger partial charge in [-0.05, 0) is 55.5 Å². The first kappa shape index (κ1) is 18.3. The number of anilines is 2. The summed E-state index contributed by atoms with van der Waals surface area (Å²) in [6, 6.07) is 25.6. The first-order valence-corrected chi connectivity index (χ1v) is 9.62. The molecule has 0 amide bonds. The topological polar surface area (TPSA) is 23.6 Å². The molecule has 0 fully saturated rings. The van der Waals surface area contributed by atoms with E-state index in [2.05, 4.69) is 53.1 Å². The highest BCUT2D eigenvalue weighted by molar-refractivity contribution is 6.30. The molecule has 0 aliphatic carbocycles. The molecule has 3 nitrogen and oxygen atoms in total. The van der Waals surface area contributed by atoms with E-state index in [1.165, 1.54) is 5.56 Å². The van der Waals surface area contributed by atoms with Crippen molar-refractivity contribution >= 4 is 28.8 Å².